The van der Waals surface area contributed by atoms with Crippen LogP contribution in [0.5, 0.6) is 11.6 Å². The van der Waals surface area contributed by atoms with Crippen LogP contribution in [0.3, 0.4) is 0 Å². The summed E-state index contributed by atoms with van der Waals surface area (Å²) in [6, 6.07) is 12.5. The maximum atomic E-state index is 12.7. The predicted molar refractivity (Wildman–Crippen MR) is 132 cm³/mol. The van der Waals surface area contributed by atoms with E-state index < -0.39 is 17.6 Å². The number of aromatic nitrogens is 3. The van der Waals surface area contributed by atoms with E-state index in [1.165, 1.54) is 21.3 Å². The molecule has 0 aliphatic rings. The number of benzene rings is 1. The molecule has 11 nitrogen and oxygen atoms in total. The molecule has 1 aromatic carbocycles. The molecule has 0 aliphatic heterocycles. The fourth-order valence-electron chi connectivity index (χ4n) is 3.11. The van der Waals surface area contributed by atoms with Gasteiger partial charge in [-0.1, -0.05) is 0 Å². The molecule has 3 aromatic rings. The van der Waals surface area contributed by atoms with Crippen molar-refractivity contribution in [2.45, 2.75) is 26.4 Å². The Morgan fingerprint density at radius 3 is 2.39 bits per heavy atom. The summed E-state index contributed by atoms with van der Waals surface area (Å²) < 4.78 is 17.7. The van der Waals surface area contributed by atoms with E-state index in [0.29, 0.717) is 29.6 Å². The van der Waals surface area contributed by atoms with Crippen molar-refractivity contribution in [3.8, 4) is 28.6 Å². The van der Waals surface area contributed by atoms with E-state index in [0.717, 1.165) is 10.6 Å². The Bertz CT molecular complexity index is 1170. The molecule has 0 saturated heterocycles. The van der Waals surface area contributed by atoms with Gasteiger partial charge in [0.25, 0.3) is 5.91 Å². The Morgan fingerprint density at radius 1 is 1.08 bits per heavy atom. The van der Waals surface area contributed by atoms with Crippen LogP contribution in [-0.2, 0) is 9.57 Å². The Hall–Kier alpha value is -4.12. The van der Waals surface area contributed by atoms with Gasteiger partial charge in [0.05, 0.1) is 38.3 Å². The van der Waals surface area contributed by atoms with E-state index in [1.54, 1.807) is 62.0 Å². The van der Waals surface area contributed by atoms with Crippen LogP contribution >= 0.6 is 0 Å². The van der Waals surface area contributed by atoms with Gasteiger partial charge in [-0.05, 0) is 57.2 Å². The van der Waals surface area contributed by atoms with Gasteiger partial charge in [-0.3, -0.25) is 9.63 Å². The number of hydrogen-bond acceptors (Lipinski definition) is 8. The molecule has 0 radical (unpaired) electrons. The first-order chi connectivity index (χ1) is 17.1. The normalized spacial score (nSPS) is 11.1. The fourth-order valence-corrected chi connectivity index (χ4v) is 3.11. The van der Waals surface area contributed by atoms with Gasteiger partial charge in [-0.2, -0.15) is 5.10 Å². The quantitative estimate of drug-likeness (QED) is 0.353. The molecule has 0 aliphatic carbocycles. The zero-order chi connectivity index (χ0) is 26.3. The highest BCUT2D eigenvalue weighted by Gasteiger charge is 2.20. The first kappa shape index (κ1) is 26.5. The second-order valence-electron chi connectivity index (χ2n) is 8.67. The zero-order valence-corrected chi connectivity index (χ0v) is 21.3. The molecular formula is C25H31N5O6. The van der Waals surface area contributed by atoms with E-state index in [-0.39, 0.29) is 12.3 Å². The largest absolute Gasteiger partial charge is 0.492 e. The molecule has 1 N–H and O–H groups in total. The standard InChI is InChI=1S/C25H31N5O6/c1-25(2,3)36-24(32)26-13-14-35-19-10-7-17(8-11-19)21-15-20(23(31)29(4)34-6)28-30(21)18-9-12-22(33-5)27-16-18/h7-12,15-16H,13-14H2,1-6H3,(H,26,32). The maximum absolute atomic E-state index is 12.7. The van der Waals surface area contributed by atoms with E-state index in [1.807, 2.05) is 12.1 Å². The lowest BCUT2D eigenvalue weighted by Crippen LogP contribution is -2.34. The second-order valence-corrected chi connectivity index (χ2v) is 8.67. The van der Waals surface area contributed by atoms with Crippen LogP contribution in [0.15, 0.2) is 48.7 Å². The Balaban J connectivity index is 1.76. The number of carbonyl (C=O) groups is 2. The number of hydrogen-bond donors (Lipinski definition) is 1. The topological polar surface area (TPSA) is 117 Å². The Kier molecular flexibility index (Phi) is 8.49. The highest BCUT2D eigenvalue weighted by atomic mass is 16.7. The summed E-state index contributed by atoms with van der Waals surface area (Å²) in [5, 5.41) is 8.24. The summed E-state index contributed by atoms with van der Waals surface area (Å²) >= 11 is 0. The summed E-state index contributed by atoms with van der Waals surface area (Å²) in [4.78, 5) is 33.6. The summed E-state index contributed by atoms with van der Waals surface area (Å²) in [5.41, 5.74) is 1.78. The van der Waals surface area contributed by atoms with Crippen LogP contribution in [-0.4, -0.2) is 71.8 Å². The molecule has 0 spiro atoms. The molecule has 2 amide bonds. The molecule has 2 heterocycles. The van der Waals surface area contributed by atoms with Crippen LogP contribution in [0, 0.1) is 0 Å². The van der Waals surface area contributed by atoms with Crippen LogP contribution < -0.4 is 14.8 Å². The van der Waals surface area contributed by atoms with Crippen molar-refractivity contribution >= 4 is 12.0 Å². The number of methoxy groups -OCH3 is 1. The predicted octanol–water partition coefficient (Wildman–Crippen LogP) is 3.48. The van der Waals surface area contributed by atoms with Gasteiger partial charge in [0.1, 0.15) is 18.0 Å². The molecule has 0 unspecified atom stereocenters. The molecule has 3 rings (SSSR count). The number of nitrogens with one attached hydrogen (secondary N) is 1. The van der Waals surface area contributed by atoms with Crippen LogP contribution in [0.25, 0.3) is 16.9 Å². The fraction of sp³-hybridized carbons (Fsp3) is 0.360. The van der Waals surface area contributed by atoms with Crippen molar-refractivity contribution < 1.29 is 28.6 Å². The number of carbonyl (C=O) groups excluding carboxylic acids is 2. The van der Waals surface area contributed by atoms with Crippen LogP contribution in [0.1, 0.15) is 31.3 Å². The molecular weight excluding hydrogens is 466 g/mol. The summed E-state index contributed by atoms with van der Waals surface area (Å²) in [6.07, 6.45) is 1.12. The van der Waals surface area contributed by atoms with Gasteiger partial charge in [0, 0.05) is 18.7 Å². The maximum Gasteiger partial charge on any atom is 0.407 e. The van der Waals surface area contributed by atoms with E-state index in [4.69, 9.17) is 19.0 Å². The Labute approximate surface area is 209 Å². The number of alkyl carbamates (subject to hydrolysis) is 1. The number of nitrogens with zero attached hydrogens (tertiary/aromatic N) is 4. The number of pyridine rings is 1. The minimum atomic E-state index is -0.557. The number of rotatable bonds is 9. The van der Waals surface area contributed by atoms with E-state index in [9.17, 15) is 9.59 Å². The minimum Gasteiger partial charge on any atom is -0.492 e. The third-order valence-corrected chi connectivity index (χ3v) is 4.85. The van der Waals surface area contributed by atoms with E-state index >= 15 is 0 Å². The lowest BCUT2D eigenvalue weighted by Gasteiger charge is -2.19. The number of ether oxygens (including phenoxy) is 3. The summed E-state index contributed by atoms with van der Waals surface area (Å²) in [6.45, 7) is 5.98. The lowest BCUT2D eigenvalue weighted by atomic mass is 10.1. The molecule has 0 saturated carbocycles. The summed E-state index contributed by atoms with van der Waals surface area (Å²) in [7, 11) is 4.46. The summed E-state index contributed by atoms with van der Waals surface area (Å²) in [5.74, 6) is 0.694. The monoisotopic (exact) mass is 497 g/mol. The molecule has 0 bridgehead atoms. The van der Waals surface area contributed by atoms with Crippen molar-refractivity contribution in [2.24, 2.45) is 0 Å². The first-order valence-electron chi connectivity index (χ1n) is 11.2. The highest BCUT2D eigenvalue weighted by molar-refractivity contribution is 5.92. The third kappa shape index (κ3) is 6.95. The van der Waals surface area contributed by atoms with Crippen molar-refractivity contribution in [3.63, 3.8) is 0 Å². The average molecular weight is 498 g/mol. The zero-order valence-electron chi connectivity index (χ0n) is 21.3. The molecule has 192 valence electrons. The minimum absolute atomic E-state index is 0.207. The van der Waals surface area contributed by atoms with Crippen molar-refractivity contribution in [1.29, 1.82) is 0 Å². The lowest BCUT2D eigenvalue weighted by molar-refractivity contribution is -0.0760. The van der Waals surface area contributed by atoms with Crippen LogP contribution in [0.2, 0.25) is 0 Å². The molecule has 11 heteroatoms. The molecule has 0 atom stereocenters. The SMILES string of the molecule is COc1ccc(-n2nc(C(=O)N(C)OC)cc2-c2ccc(OCCNC(=O)OC(C)(C)C)cc2)cn1. The first-order valence-corrected chi connectivity index (χ1v) is 11.2. The smallest absolute Gasteiger partial charge is 0.407 e. The van der Waals surface area contributed by atoms with Gasteiger partial charge in [-0.25, -0.2) is 19.5 Å². The van der Waals surface area contributed by atoms with Gasteiger partial charge in [0.2, 0.25) is 5.88 Å². The molecule has 0 fully saturated rings. The van der Waals surface area contributed by atoms with Gasteiger partial charge in [0.15, 0.2) is 5.69 Å². The van der Waals surface area contributed by atoms with Crippen LogP contribution in [0.4, 0.5) is 4.79 Å². The van der Waals surface area contributed by atoms with E-state index in [2.05, 4.69) is 15.4 Å². The third-order valence-electron chi connectivity index (χ3n) is 4.85. The number of amides is 2. The average Bonchev–Trinajstić information content (AvgIpc) is 3.30. The van der Waals surface area contributed by atoms with Crippen molar-refractivity contribution in [3.05, 3.63) is 54.4 Å². The molecule has 2 aromatic heterocycles. The van der Waals surface area contributed by atoms with Crippen molar-refractivity contribution in [1.82, 2.24) is 25.1 Å². The second kappa shape index (κ2) is 11.5. The van der Waals surface area contributed by atoms with Gasteiger partial charge >= 0.3 is 6.09 Å². The Morgan fingerprint density at radius 2 is 1.81 bits per heavy atom. The van der Waals surface area contributed by atoms with Gasteiger partial charge < -0.3 is 19.5 Å². The number of hydroxylamine groups is 2. The molecule has 36 heavy (non-hydrogen) atoms. The highest BCUT2D eigenvalue weighted by Crippen LogP contribution is 2.27. The van der Waals surface area contributed by atoms with Crippen molar-refractivity contribution in [2.75, 3.05) is 34.4 Å². The van der Waals surface area contributed by atoms with Gasteiger partial charge in [-0.15, -0.1) is 0 Å².